The summed E-state index contributed by atoms with van der Waals surface area (Å²) in [6.45, 7) is 2.63. The first kappa shape index (κ1) is 10.5. The third-order valence-electron chi connectivity index (χ3n) is 2.95. The van der Waals surface area contributed by atoms with Crippen LogP contribution in [-0.2, 0) is 13.1 Å². The van der Waals surface area contributed by atoms with E-state index in [1.165, 1.54) is 12.8 Å². The van der Waals surface area contributed by atoms with Crippen LogP contribution >= 0.6 is 0 Å². The van der Waals surface area contributed by atoms with Crippen LogP contribution in [0.15, 0.2) is 29.2 Å². The Labute approximate surface area is 99.8 Å². The fourth-order valence-electron chi connectivity index (χ4n) is 1.79. The van der Waals surface area contributed by atoms with Gasteiger partial charge >= 0.3 is 0 Å². The predicted octanol–water partition coefficient (Wildman–Crippen LogP) is 1.42. The monoisotopic (exact) mass is 232 g/mol. The molecule has 1 aliphatic rings. The molecule has 3 rings (SSSR count). The summed E-state index contributed by atoms with van der Waals surface area (Å²) in [5, 5.41) is 11.6. The summed E-state index contributed by atoms with van der Waals surface area (Å²) < 4.78 is 6.85. The fourth-order valence-corrected chi connectivity index (χ4v) is 1.79. The Hall–Kier alpha value is -1.62. The number of furan rings is 1. The van der Waals surface area contributed by atoms with Crippen LogP contribution in [0.4, 0.5) is 0 Å². The molecule has 17 heavy (non-hydrogen) atoms. The van der Waals surface area contributed by atoms with Gasteiger partial charge in [0.2, 0.25) is 0 Å². The molecule has 0 radical (unpaired) electrons. The second kappa shape index (κ2) is 4.71. The van der Waals surface area contributed by atoms with E-state index in [-0.39, 0.29) is 0 Å². The second-order valence-corrected chi connectivity index (χ2v) is 4.61. The van der Waals surface area contributed by atoms with E-state index in [0.717, 1.165) is 30.3 Å². The maximum atomic E-state index is 5.02. The number of nitrogens with one attached hydrogen (secondary N) is 1. The predicted molar refractivity (Wildman–Crippen MR) is 62.3 cm³/mol. The highest BCUT2D eigenvalue weighted by Crippen LogP contribution is 2.27. The third kappa shape index (κ3) is 2.94. The van der Waals surface area contributed by atoms with Gasteiger partial charge in [0.15, 0.2) is 0 Å². The van der Waals surface area contributed by atoms with Gasteiger partial charge in [-0.2, -0.15) is 0 Å². The Bertz CT molecular complexity index is 459. The molecule has 0 unspecified atom stereocenters. The van der Waals surface area contributed by atoms with E-state index in [9.17, 15) is 0 Å². The molecule has 2 heterocycles. The fraction of sp³-hybridized carbons (Fsp3) is 0.500. The SMILES string of the molecule is c1cc(Cn2cc(CNCC3CC3)nn2)co1. The third-order valence-corrected chi connectivity index (χ3v) is 2.95. The summed E-state index contributed by atoms with van der Waals surface area (Å²) in [5.41, 5.74) is 2.10. The van der Waals surface area contributed by atoms with Crippen LogP contribution in [0.5, 0.6) is 0 Å². The summed E-state index contributed by atoms with van der Waals surface area (Å²) >= 11 is 0. The van der Waals surface area contributed by atoms with Gasteiger partial charge in [0.05, 0.1) is 31.0 Å². The van der Waals surface area contributed by atoms with E-state index in [0.29, 0.717) is 6.54 Å². The molecule has 2 aromatic heterocycles. The van der Waals surface area contributed by atoms with Gasteiger partial charge in [0.25, 0.3) is 0 Å². The lowest BCUT2D eigenvalue weighted by Crippen LogP contribution is -2.16. The van der Waals surface area contributed by atoms with Crippen molar-refractivity contribution in [3.8, 4) is 0 Å². The van der Waals surface area contributed by atoms with Crippen LogP contribution < -0.4 is 5.32 Å². The molecule has 90 valence electrons. The molecule has 1 N–H and O–H groups in total. The molecule has 5 nitrogen and oxygen atoms in total. The Balaban J connectivity index is 1.50. The molecule has 0 saturated heterocycles. The number of hydrogen-bond acceptors (Lipinski definition) is 4. The summed E-state index contributed by atoms with van der Waals surface area (Å²) in [5.74, 6) is 0.899. The molecule has 0 atom stereocenters. The van der Waals surface area contributed by atoms with Crippen LogP contribution in [0.1, 0.15) is 24.1 Å². The lowest BCUT2D eigenvalue weighted by molar-refractivity contribution is 0.558. The summed E-state index contributed by atoms with van der Waals surface area (Å²) in [6, 6.07) is 1.94. The zero-order valence-electron chi connectivity index (χ0n) is 9.67. The number of rotatable bonds is 6. The van der Waals surface area contributed by atoms with Crippen molar-refractivity contribution in [3.63, 3.8) is 0 Å². The number of hydrogen-bond donors (Lipinski definition) is 1. The molecular formula is C12H16N4O. The Kier molecular flexibility index (Phi) is 2.92. The highest BCUT2D eigenvalue weighted by atomic mass is 16.3. The second-order valence-electron chi connectivity index (χ2n) is 4.61. The van der Waals surface area contributed by atoms with Gasteiger partial charge in [0.1, 0.15) is 0 Å². The molecule has 0 spiro atoms. The standard InChI is InChI=1S/C12H16N4O/c1-2-10(1)5-13-6-12-8-16(15-14-12)7-11-3-4-17-9-11/h3-4,8-10,13H,1-2,5-7H2. The average Bonchev–Trinajstić information content (AvgIpc) is 2.83. The molecular weight excluding hydrogens is 216 g/mol. The van der Waals surface area contributed by atoms with Gasteiger partial charge in [-0.3, -0.25) is 0 Å². The molecule has 1 fully saturated rings. The van der Waals surface area contributed by atoms with Crippen LogP contribution in [0.25, 0.3) is 0 Å². The van der Waals surface area contributed by atoms with E-state index in [4.69, 9.17) is 4.42 Å². The van der Waals surface area contributed by atoms with Crippen LogP contribution in [-0.4, -0.2) is 21.5 Å². The normalized spacial score (nSPS) is 15.3. The van der Waals surface area contributed by atoms with Crippen molar-refractivity contribution in [1.29, 1.82) is 0 Å². The number of aromatic nitrogens is 3. The summed E-state index contributed by atoms with van der Waals surface area (Å²) in [7, 11) is 0. The minimum atomic E-state index is 0.714. The van der Waals surface area contributed by atoms with E-state index in [1.807, 2.05) is 16.9 Å². The molecule has 0 amide bonds. The van der Waals surface area contributed by atoms with Crippen LogP contribution in [0.2, 0.25) is 0 Å². The van der Waals surface area contributed by atoms with E-state index < -0.39 is 0 Å². The van der Waals surface area contributed by atoms with Crippen molar-refractivity contribution in [3.05, 3.63) is 36.0 Å². The minimum absolute atomic E-state index is 0.714. The lowest BCUT2D eigenvalue weighted by atomic mass is 10.3. The van der Waals surface area contributed by atoms with Crippen molar-refractivity contribution in [2.75, 3.05) is 6.54 Å². The molecule has 5 heteroatoms. The molecule has 2 aromatic rings. The topological polar surface area (TPSA) is 55.9 Å². The van der Waals surface area contributed by atoms with E-state index in [2.05, 4.69) is 15.6 Å². The Morgan fingerprint density at radius 1 is 1.47 bits per heavy atom. The Morgan fingerprint density at radius 3 is 3.18 bits per heavy atom. The zero-order valence-corrected chi connectivity index (χ0v) is 9.67. The van der Waals surface area contributed by atoms with Crippen molar-refractivity contribution in [1.82, 2.24) is 20.3 Å². The van der Waals surface area contributed by atoms with Gasteiger partial charge in [-0.15, -0.1) is 5.10 Å². The summed E-state index contributed by atoms with van der Waals surface area (Å²) in [6.07, 6.45) is 8.13. The van der Waals surface area contributed by atoms with Crippen LogP contribution in [0.3, 0.4) is 0 Å². The molecule has 0 bridgehead atoms. The van der Waals surface area contributed by atoms with Crippen molar-refractivity contribution >= 4 is 0 Å². The quantitative estimate of drug-likeness (QED) is 0.818. The lowest BCUT2D eigenvalue weighted by Gasteiger charge is -1.98. The van der Waals surface area contributed by atoms with Gasteiger partial charge in [-0.05, 0) is 31.4 Å². The first-order chi connectivity index (χ1) is 8.40. The van der Waals surface area contributed by atoms with Crippen molar-refractivity contribution < 1.29 is 4.42 Å². The van der Waals surface area contributed by atoms with Gasteiger partial charge in [0, 0.05) is 12.1 Å². The minimum Gasteiger partial charge on any atom is -0.472 e. The largest absolute Gasteiger partial charge is 0.472 e. The van der Waals surface area contributed by atoms with Gasteiger partial charge in [-0.25, -0.2) is 4.68 Å². The highest BCUT2D eigenvalue weighted by molar-refractivity contribution is 5.06. The van der Waals surface area contributed by atoms with Gasteiger partial charge < -0.3 is 9.73 Å². The van der Waals surface area contributed by atoms with Crippen LogP contribution in [0, 0.1) is 5.92 Å². The molecule has 0 aliphatic heterocycles. The summed E-state index contributed by atoms with van der Waals surface area (Å²) in [4.78, 5) is 0. The smallest absolute Gasteiger partial charge is 0.0964 e. The molecule has 1 aliphatic carbocycles. The number of nitrogens with zero attached hydrogens (tertiary/aromatic N) is 3. The first-order valence-corrected chi connectivity index (χ1v) is 6.01. The average molecular weight is 232 g/mol. The molecule has 1 saturated carbocycles. The first-order valence-electron chi connectivity index (χ1n) is 6.01. The molecule has 0 aromatic carbocycles. The van der Waals surface area contributed by atoms with E-state index >= 15 is 0 Å². The van der Waals surface area contributed by atoms with Crippen molar-refractivity contribution in [2.45, 2.75) is 25.9 Å². The van der Waals surface area contributed by atoms with Gasteiger partial charge in [-0.1, -0.05) is 5.21 Å². The van der Waals surface area contributed by atoms with E-state index in [1.54, 1.807) is 12.5 Å². The zero-order chi connectivity index (χ0) is 11.5. The Morgan fingerprint density at radius 2 is 2.41 bits per heavy atom. The van der Waals surface area contributed by atoms with Crippen molar-refractivity contribution in [2.24, 2.45) is 5.92 Å². The maximum Gasteiger partial charge on any atom is 0.0964 e. The maximum absolute atomic E-state index is 5.02. The highest BCUT2D eigenvalue weighted by Gasteiger charge is 2.20.